The molecule has 1 heterocycles. The highest BCUT2D eigenvalue weighted by Gasteiger charge is 2.51. The van der Waals surface area contributed by atoms with Crippen LogP contribution in [0.15, 0.2) is 0 Å². The number of hydrogen-bond acceptors (Lipinski definition) is 4. The standard InChI is InChI=1S/C5H6O5/c1-9-5(8)3-2(10-3)4(6)7/h2-3H,1H3,(H,6,7)/t2-,3?/m0/s1. The van der Waals surface area contributed by atoms with Gasteiger partial charge in [-0.05, 0) is 0 Å². The van der Waals surface area contributed by atoms with E-state index in [9.17, 15) is 9.59 Å². The summed E-state index contributed by atoms with van der Waals surface area (Å²) in [5, 5.41) is 8.24. The molecule has 10 heavy (non-hydrogen) atoms. The van der Waals surface area contributed by atoms with Crippen molar-refractivity contribution in [2.45, 2.75) is 12.2 Å². The Labute approximate surface area is 56.5 Å². The lowest BCUT2D eigenvalue weighted by atomic mass is 10.3. The highest BCUT2D eigenvalue weighted by molar-refractivity contribution is 5.88. The minimum absolute atomic E-state index is 0.632. The SMILES string of the molecule is COC(=O)C1O[C@@H]1C(=O)O. The topological polar surface area (TPSA) is 76.1 Å². The summed E-state index contributed by atoms with van der Waals surface area (Å²) in [5.41, 5.74) is 0. The smallest absolute Gasteiger partial charge is 0.338 e. The van der Waals surface area contributed by atoms with Crippen LogP contribution in [0.5, 0.6) is 0 Å². The zero-order valence-electron chi connectivity index (χ0n) is 5.23. The molecule has 0 amide bonds. The Bertz CT molecular complexity index is 175. The van der Waals surface area contributed by atoms with E-state index in [1.165, 1.54) is 7.11 Å². The Hall–Kier alpha value is -1.10. The van der Waals surface area contributed by atoms with Gasteiger partial charge < -0.3 is 14.6 Å². The Morgan fingerprint density at radius 1 is 1.50 bits per heavy atom. The fourth-order valence-corrected chi connectivity index (χ4v) is 0.596. The van der Waals surface area contributed by atoms with Crippen molar-refractivity contribution in [3.05, 3.63) is 0 Å². The maximum absolute atomic E-state index is 10.5. The number of hydrogen-bond donors (Lipinski definition) is 1. The number of carboxylic acid groups (broad SMARTS) is 1. The highest BCUT2D eigenvalue weighted by atomic mass is 16.6. The third-order valence-corrected chi connectivity index (χ3v) is 1.17. The van der Waals surface area contributed by atoms with E-state index in [4.69, 9.17) is 5.11 Å². The first-order chi connectivity index (χ1) is 4.66. The van der Waals surface area contributed by atoms with Gasteiger partial charge in [-0.1, -0.05) is 0 Å². The fourth-order valence-electron chi connectivity index (χ4n) is 0.596. The molecule has 5 nitrogen and oxygen atoms in total. The van der Waals surface area contributed by atoms with Gasteiger partial charge in [0.1, 0.15) is 0 Å². The number of carbonyl (C=O) groups is 2. The molecule has 1 aliphatic rings. The Morgan fingerprint density at radius 2 is 2.10 bits per heavy atom. The molecule has 1 rings (SSSR count). The predicted octanol–water partition coefficient (Wildman–Crippen LogP) is -0.989. The summed E-state index contributed by atoms with van der Waals surface area (Å²) in [6, 6.07) is 0. The molecular formula is C5H6O5. The quantitative estimate of drug-likeness (QED) is 0.400. The Morgan fingerprint density at radius 3 is 2.40 bits per heavy atom. The summed E-state index contributed by atoms with van der Waals surface area (Å²) in [7, 11) is 1.18. The molecule has 0 saturated carbocycles. The average molecular weight is 146 g/mol. The molecule has 1 aliphatic heterocycles. The minimum Gasteiger partial charge on any atom is -0.479 e. The number of epoxide rings is 1. The van der Waals surface area contributed by atoms with E-state index in [2.05, 4.69) is 9.47 Å². The molecule has 1 fully saturated rings. The molecule has 0 spiro atoms. The molecule has 0 aromatic rings. The molecule has 0 bridgehead atoms. The average Bonchev–Trinajstić information content (AvgIpc) is 2.64. The van der Waals surface area contributed by atoms with E-state index in [1.807, 2.05) is 0 Å². The highest BCUT2D eigenvalue weighted by Crippen LogP contribution is 2.22. The van der Waals surface area contributed by atoms with Crippen molar-refractivity contribution in [3.8, 4) is 0 Å². The number of esters is 1. The van der Waals surface area contributed by atoms with Crippen LogP contribution in [0.2, 0.25) is 0 Å². The fraction of sp³-hybridized carbons (Fsp3) is 0.600. The van der Waals surface area contributed by atoms with Crippen LogP contribution in [0.3, 0.4) is 0 Å². The summed E-state index contributed by atoms with van der Waals surface area (Å²) in [6.45, 7) is 0. The van der Waals surface area contributed by atoms with Crippen LogP contribution < -0.4 is 0 Å². The van der Waals surface area contributed by atoms with Crippen molar-refractivity contribution in [3.63, 3.8) is 0 Å². The molecule has 1 saturated heterocycles. The van der Waals surface area contributed by atoms with Gasteiger partial charge in [-0.25, -0.2) is 9.59 Å². The lowest BCUT2D eigenvalue weighted by molar-refractivity contribution is -0.143. The van der Waals surface area contributed by atoms with Crippen molar-refractivity contribution in [1.29, 1.82) is 0 Å². The van der Waals surface area contributed by atoms with Gasteiger partial charge in [0.05, 0.1) is 7.11 Å². The lowest BCUT2D eigenvalue weighted by Gasteiger charge is -1.88. The van der Waals surface area contributed by atoms with E-state index < -0.39 is 24.1 Å². The van der Waals surface area contributed by atoms with E-state index in [1.54, 1.807) is 0 Å². The second-order valence-corrected chi connectivity index (χ2v) is 1.84. The van der Waals surface area contributed by atoms with Crippen LogP contribution in [0.1, 0.15) is 0 Å². The number of methoxy groups -OCH3 is 1. The van der Waals surface area contributed by atoms with Gasteiger partial charge in [0, 0.05) is 0 Å². The predicted molar refractivity (Wildman–Crippen MR) is 28.3 cm³/mol. The van der Waals surface area contributed by atoms with Crippen molar-refractivity contribution >= 4 is 11.9 Å². The zero-order chi connectivity index (χ0) is 7.72. The van der Waals surface area contributed by atoms with Gasteiger partial charge in [0.25, 0.3) is 0 Å². The van der Waals surface area contributed by atoms with Crippen LogP contribution in [0.4, 0.5) is 0 Å². The normalized spacial score (nSPS) is 29.3. The number of carboxylic acids is 1. The van der Waals surface area contributed by atoms with E-state index in [0.717, 1.165) is 0 Å². The molecule has 56 valence electrons. The van der Waals surface area contributed by atoms with Crippen LogP contribution in [-0.4, -0.2) is 36.4 Å². The second kappa shape index (κ2) is 2.26. The van der Waals surface area contributed by atoms with E-state index >= 15 is 0 Å². The summed E-state index contributed by atoms with van der Waals surface area (Å²) in [6.07, 6.45) is -1.88. The maximum Gasteiger partial charge on any atom is 0.338 e. The van der Waals surface area contributed by atoms with Gasteiger partial charge >= 0.3 is 11.9 Å². The summed E-state index contributed by atoms with van der Waals surface area (Å²) < 4.78 is 8.68. The van der Waals surface area contributed by atoms with Crippen LogP contribution in [-0.2, 0) is 19.1 Å². The van der Waals surface area contributed by atoms with Gasteiger partial charge in [-0.3, -0.25) is 0 Å². The van der Waals surface area contributed by atoms with Gasteiger partial charge in [-0.15, -0.1) is 0 Å². The molecular weight excluding hydrogens is 140 g/mol. The molecule has 0 aliphatic carbocycles. The first-order valence-electron chi connectivity index (χ1n) is 2.63. The third-order valence-electron chi connectivity index (χ3n) is 1.17. The monoisotopic (exact) mass is 146 g/mol. The second-order valence-electron chi connectivity index (χ2n) is 1.84. The van der Waals surface area contributed by atoms with Crippen molar-refractivity contribution in [2.75, 3.05) is 7.11 Å². The number of rotatable bonds is 2. The van der Waals surface area contributed by atoms with Crippen LogP contribution in [0, 0.1) is 0 Å². The minimum atomic E-state index is -1.13. The van der Waals surface area contributed by atoms with Crippen LogP contribution in [0.25, 0.3) is 0 Å². The van der Waals surface area contributed by atoms with E-state index in [0.29, 0.717) is 0 Å². The lowest BCUT2D eigenvalue weighted by Crippen LogP contribution is -2.16. The summed E-state index contributed by atoms with van der Waals surface area (Å²) >= 11 is 0. The van der Waals surface area contributed by atoms with Gasteiger partial charge in [0.2, 0.25) is 0 Å². The molecule has 1 unspecified atom stereocenters. The Balaban J connectivity index is 2.38. The molecule has 2 atom stereocenters. The van der Waals surface area contributed by atoms with Crippen molar-refractivity contribution in [2.24, 2.45) is 0 Å². The van der Waals surface area contributed by atoms with E-state index in [-0.39, 0.29) is 0 Å². The number of ether oxygens (including phenoxy) is 2. The molecule has 0 radical (unpaired) electrons. The van der Waals surface area contributed by atoms with Gasteiger partial charge in [0.15, 0.2) is 12.2 Å². The number of carbonyl (C=O) groups excluding carboxylic acids is 1. The molecule has 0 aromatic heterocycles. The maximum atomic E-state index is 10.5. The van der Waals surface area contributed by atoms with Crippen LogP contribution >= 0.6 is 0 Å². The zero-order valence-corrected chi connectivity index (χ0v) is 5.23. The molecule has 0 aromatic carbocycles. The number of aliphatic carboxylic acids is 1. The first-order valence-corrected chi connectivity index (χ1v) is 2.63. The van der Waals surface area contributed by atoms with Crippen molar-refractivity contribution < 1.29 is 24.2 Å². The van der Waals surface area contributed by atoms with Crippen molar-refractivity contribution in [1.82, 2.24) is 0 Å². The van der Waals surface area contributed by atoms with Gasteiger partial charge in [-0.2, -0.15) is 0 Å². The molecule has 5 heteroatoms. The third kappa shape index (κ3) is 1.08. The molecule has 1 N–H and O–H groups in total. The largest absolute Gasteiger partial charge is 0.479 e. The Kier molecular flexibility index (Phi) is 1.58. The summed E-state index contributed by atoms with van der Waals surface area (Å²) in [4.78, 5) is 20.5. The summed E-state index contributed by atoms with van der Waals surface area (Å²) in [5.74, 6) is -1.76. The first kappa shape index (κ1) is 7.01.